The maximum Gasteiger partial charge on any atom is 3.00 e. The van der Waals surface area contributed by atoms with Crippen LogP contribution in [0.3, 0.4) is 0 Å². The van der Waals surface area contributed by atoms with Crippen LogP contribution >= 0.6 is 30.3 Å². The van der Waals surface area contributed by atoms with Gasteiger partial charge in [-0.3, -0.25) is 0 Å². The first kappa shape index (κ1) is 10.0. The Labute approximate surface area is 58.2 Å². The van der Waals surface area contributed by atoms with Crippen LogP contribution in [0.4, 0.5) is 0 Å². The quantitative estimate of drug-likeness (QED) is 0.546. The van der Waals surface area contributed by atoms with Crippen LogP contribution < -0.4 is 0 Å². The van der Waals surface area contributed by atoms with Crippen LogP contribution in [0.1, 0.15) is 0 Å². The summed E-state index contributed by atoms with van der Waals surface area (Å²) < 4.78 is 0. The first-order valence-electron chi connectivity index (χ1n) is 0.401. The summed E-state index contributed by atoms with van der Waals surface area (Å²) in [6.45, 7) is 0. The van der Waals surface area contributed by atoms with Crippen molar-refractivity contribution in [2.75, 3.05) is 0 Å². The van der Waals surface area contributed by atoms with Gasteiger partial charge >= 0.3 is 58.5 Å². The van der Waals surface area contributed by atoms with Gasteiger partial charge in [-0.25, -0.2) is 0 Å². The molecule has 0 aromatic rings. The van der Waals surface area contributed by atoms with Gasteiger partial charge in [-0.1, -0.05) is 0 Å². The Balaban J connectivity index is 0. The molecular formula is Cl3Fe2+3. The molecule has 0 aliphatic rings. The van der Waals surface area contributed by atoms with E-state index in [-0.39, 0.29) is 17.1 Å². The zero-order valence-electron chi connectivity index (χ0n) is 1.84. The van der Waals surface area contributed by atoms with E-state index in [9.17, 15) is 0 Å². The van der Waals surface area contributed by atoms with Gasteiger partial charge in [0, 0.05) is 0 Å². The molecule has 0 fully saturated rings. The monoisotopic (exact) mass is 217 g/mol. The van der Waals surface area contributed by atoms with E-state index in [1.165, 1.54) is 0 Å². The van der Waals surface area contributed by atoms with Gasteiger partial charge in [-0.15, -0.1) is 0 Å². The molecule has 0 nitrogen and oxygen atoms in total. The molecule has 0 bridgehead atoms. The van der Waals surface area contributed by atoms with Crippen molar-refractivity contribution in [2.45, 2.75) is 0 Å². The number of rotatable bonds is 0. The third-order valence-electron chi connectivity index (χ3n) is 0. The van der Waals surface area contributed by atoms with E-state index in [2.05, 4.69) is 0 Å². The summed E-state index contributed by atoms with van der Waals surface area (Å²) >= 11 is -1.33. The third-order valence-corrected chi connectivity index (χ3v) is 0. The zero-order valence-corrected chi connectivity index (χ0v) is 6.32. The van der Waals surface area contributed by atoms with Crippen molar-refractivity contribution in [2.24, 2.45) is 0 Å². The van der Waals surface area contributed by atoms with E-state index < -0.39 is 11.2 Å². The van der Waals surface area contributed by atoms with Crippen LogP contribution in [0, 0.1) is 0 Å². The minimum atomic E-state index is -1.33. The molecule has 0 atom stereocenters. The summed E-state index contributed by atoms with van der Waals surface area (Å²) in [5.41, 5.74) is 0. The standard InChI is InChI=1S/3ClH.2Fe/h3*1H;;/q;;;2*+3/p-3. The van der Waals surface area contributed by atoms with Crippen LogP contribution in [0.5, 0.6) is 0 Å². The fourth-order valence-corrected chi connectivity index (χ4v) is 0. The number of hydrogen-bond donors (Lipinski definition) is 0. The molecule has 0 aliphatic carbocycles. The topological polar surface area (TPSA) is 0 Å². The van der Waals surface area contributed by atoms with Crippen LogP contribution in [0.2, 0.25) is 0 Å². The summed E-state index contributed by atoms with van der Waals surface area (Å²) in [7, 11) is 14.7. The van der Waals surface area contributed by atoms with Crippen molar-refractivity contribution >= 4 is 30.3 Å². The summed E-state index contributed by atoms with van der Waals surface area (Å²) in [6.07, 6.45) is 0. The van der Waals surface area contributed by atoms with Crippen LogP contribution in [0.15, 0.2) is 0 Å². The average molecular weight is 218 g/mol. The minimum absolute atomic E-state index is 0. The average Bonchev–Trinajstić information content (AvgIpc) is 0.811. The molecule has 1 radical (unpaired) electrons. The molecule has 0 N–H and O–H groups in total. The molecule has 0 aromatic carbocycles. The van der Waals surface area contributed by atoms with E-state index >= 15 is 0 Å². The smallest absolute Gasteiger partial charge is 3.00 e. The van der Waals surface area contributed by atoms with Crippen molar-refractivity contribution < 1.29 is 28.2 Å². The fourth-order valence-electron chi connectivity index (χ4n) is 0. The SMILES string of the molecule is [Cl][Fe]([Cl])[Cl].[Fe+3]. The molecule has 34 valence electrons. The van der Waals surface area contributed by atoms with Crippen LogP contribution in [-0.4, -0.2) is 0 Å². The zero-order chi connectivity index (χ0) is 3.58. The van der Waals surface area contributed by atoms with Crippen LogP contribution in [-0.2, 0) is 28.2 Å². The fraction of sp³-hybridized carbons (Fsp3) is 0. The Morgan fingerprint density at radius 1 is 1.00 bits per heavy atom. The molecular weight excluding hydrogens is 218 g/mol. The van der Waals surface area contributed by atoms with E-state index in [1.807, 2.05) is 0 Å². The van der Waals surface area contributed by atoms with Crippen molar-refractivity contribution in [3.8, 4) is 0 Å². The van der Waals surface area contributed by atoms with Crippen LogP contribution in [0.25, 0.3) is 0 Å². The molecule has 0 saturated carbocycles. The molecule has 0 aromatic heterocycles. The van der Waals surface area contributed by atoms with Gasteiger partial charge < -0.3 is 0 Å². The summed E-state index contributed by atoms with van der Waals surface area (Å²) in [4.78, 5) is 0. The second kappa shape index (κ2) is 5.91. The Kier molecular flexibility index (Phi) is 11.8. The third kappa shape index (κ3) is 24.8. The van der Waals surface area contributed by atoms with E-state index in [4.69, 9.17) is 30.3 Å². The predicted molar refractivity (Wildman–Crippen MR) is 17.6 cm³/mol. The van der Waals surface area contributed by atoms with Crippen molar-refractivity contribution in [1.82, 2.24) is 0 Å². The van der Waals surface area contributed by atoms with Gasteiger partial charge in [0.2, 0.25) is 0 Å². The normalized spacial score (nSPS) is 9.00. The second-order valence-electron chi connectivity index (χ2n) is 0.152. The number of hydrogen-bond acceptors (Lipinski definition) is 0. The van der Waals surface area contributed by atoms with E-state index in [0.29, 0.717) is 0 Å². The Morgan fingerprint density at radius 3 is 1.00 bits per heavy atom. The Morgan fingerprint density at radius 2 is 1.00 bits per heavy atom. The largest absolute Gasteiger partial charge is 3.00 e. The van der Waals surface area contributed by atoms with Gasteiger partial charge in [0.25, 0.3) is 0 Å². The molecule has 0 aliphatic heterocycles. The van der Waals surface area contributed by atoms with Gasteiger partial charge in [-0.05, 0) is 0 Å². The molecule has 0 heterocycles. The summed E-state index contributed by atoms with van der Waals surface area (Å²) in [5, 5.41) is 0. The van der Waals surface area contributed by atoms with Gasteiger partial charge in [-0.2, -0.15) is 0 Å². The van der Waals surface area contributed by atoms with Crippen molar-refractivity contribution in [1.29, 1.82) is 0 Å². The second-order valence-corrected chi connectivity index (χ2v) is 5.62. The molecule has 0 rings (SSSR count). The molecule has 0 spiro atoms. The molecule has 0 amide bonds. The van der Waals surface area contributed by atoms with Gasteiger partial charge in [0.05, 0.1) is 0 Å². The van der Waals surface area contributed by atoms with Gasteiger partial charge in [0.1, 0.15) is 0 Å². The predicted octanol–water partition coefficient (Wildman–Crippen LogP) is 2.06. The maximum absolute atomic E-state index is 4.89. The summed E-state index contributed by atoms with van der Waals surface area (Å²) in [5.74, 6) is 0. The maximum atomic E-state index is 4.89. The molecule has 0 unspecified atom stereocenters. The molecule has 5 heavy (non-hydrogen) atoms. The van der Waals surface area contributed by atoms with Crippen molar-refractivity contribution in [3.05, 3.63) is 0 Å². The summed E-state index contributed by atoms with van der Waals surface area (Å²) in [6, 6.07) is 0. The first-order chi connectivity index (χ1) is 1.73. The number of halogens is 3. The Hall–Kier alpha value is 1.91. The van der Waals surface area contributed by atoms with Crippen molar-refractivity contribution in [3.63, 3.8) is 0 Å². The van der Waals surface area contributed by atoms with E-state index in [0.717, 1.165) is 0 Å². The minimum Gasteiger partial charge on any atom is 3.00 e. The van der Waals surface area contributed by atoms with E-state index in [1.54, 1.807) is 0 Å². The molecule has 5 heteroatoms. The Bertz CT molecular complexity index is 9.61. The van der Waals surface area contributed by atoms with Gasteiger partial charge in [0.15, 0.2) is 0 Å². The molecule has 0 saturated heterocycles. The first-order valence-corrected chi connectivity index (χ1v) is 4.96.